The van der Waals surface area contributed by atoms with Gasteiger partial charge in [-0.1, -0.05) is 60.7 Å². The van der Waals surface area contributed by atoms with E-state index in [2.05, 4.69) is 30.3 Å². The van der Waals surface area contributed by atoms with Crippen LogP contribution in [0, 0.1) is 0 Å². The number of hydrogen-bond donors (Lipinski definition) is 0. The lowest BCUT2D eigenvalue weighted by Gasteiger charge is -2.00. The molecule has 3 rings (SSSR count). The Morgan fingerprint density at radius 1 is 0.850 bits per heavy atom. The summed E-state index contributed by atoms with van der Waals surface area (Å²) in [5.41, 5.74) is 3.21. The Kier molecular flexibility index (Phi) is 3.54. The van der Waals surface area contributed by atoms with E-state index >= 15 is 0 Å². The fourth-order valence-electron chi connectivity index (χ4n) is 2.34. The van der Waals surface area contributed by atoms with Crippen molar-refractivity contribution in [1.82, 2.24) is 0 Å². The molecule has 1 heterocycles. The smallest absolute Gasteiger partial charge is 0.160 e. The van der Waals surface area contributed by atoms with Crippen LogP contribution in [-0.4, -0.2) is 5.78 Å². The van der Waals surface area contributed by atoms with Gasteiger partial charge in [0.2, 0.25) is 0 Å². The first kappa shape index (κ1) is 12.9. The quantitative estimate of drug-likeness (QED) is 0.598. The number of hydrogen-bond acceptors (Lipinski definition) is 1. The predicted octanol–water partition coefficient (Wildman–Crippen LogP) is 5.25. The molecular weight excluding hydrogens is 263 g/mol. The predicted molar refractivity (Wildman–Crippen MR) is 86.8 cm³/mol. The first-order valence-corrected chi connectivity index (χ1v) is 7.60. The van der Waals surface area contributed by atoms with E-state index in [9.17, 15) is 4.79 Å². The lowest BCUT2D eigenvalue weighted by atomic mass is 10.1. The lowest BCUT2D eigenvalue weighted by molar-refractivity contribution is 0.101. The number of carbonyl (C=O) groups is 1. The van der Waals surface area contributed by atoms with Gasteiger partial charge in [-0.25, -0.2) is 0 Å². The van der Waals surface area contributed by atoms with Gasteiger partial charge in [-0.2, -0.15) is 0 Å². The van der Waals surface area contributed by atoms with Crippen LogP contribution in [0.3, 0.4) is 0 Å². The molecule has 2 heteroatoms. The highest BCUT2D eigenvalue weighted by atomic mass is 31.0. The number of carbonyl (C=O) groups excluding carboxylic acids is 1. The van der Waals surface area contributed by atoms with Crippen LogP contribution in [0.1, 0.15) is 17.3 Å². The minimum atomic E-state index is 0.141. The van der Waals surface area contributed by atoms with Gasteiger partial charge in [-0.15, -0.1) is 8.19 Å². The average molecular weight is 278 g/mol. The van der Waals surface area contributed by atoms with E-state index in [4.69, 9.17) is 0 Å². The molecule has 1 nitrogen and oxygen atoms in total. The summed E-state index contributed by atoms with van der Waals surface area (Å²) in [4.78, 5) is 11.9. The van der Waals surface area contributed by atoms with Gasteiger partial charge in [-0.05, 0) is 29.4 Å². The molecule has 20 heavy (non-hydrogen) atoms. The molecule has 0 aliphatic rings. The van der Waals surface area contributed by atoms with Crippen LogP contribution in [0.4, 0.5) is 0 Å². The van der Waals surface area contributed by atoms with Crippen LogP contribution in [0.25, 0.3) is 21.7 Å². The van der Waals surface area contributed by atoms with E-state index in [1.165, 1.54) is 10.9 Å². The zero-order valence-corrected chi connectivity index (χ0v) is 12.3. The average Bonchev–Trinajstić information content (AvgIpc) is 2.94. The fraction of sp³-hybridized carbons (Fsp3) is 0.0556. The number of Topliss-reactive ketones (excluding diaryl/α,β-unsaturated/α-hetero) is 1. The monoisotopic (exact) mass is 278 g/mol. The first-order chi connectivity index (χ1) is 9.75. The third-order valence-corrected chi connectivity index (χ3v) is 4.85. The Labute approximate surface area is 120 Å². The topological polar surface area (TPSA) is 17.1 Å². The second-order valence-corrected chi connectivity index (χ2v) is 6.05. The van der Waals surface area contributed by atoms with E-state index < -0.39 is 0 Å². The van der Waals surface area contributed by atoms with Gasteiger partial charge in [-0.3, -0.25) is 4.79 Å². The zero-order chi connectivity index (χ0) is 13.9. The highest BCUT2D eigenvalue weighted by Gasteiger charge is 2.13. The molecule has 2 aromatic carbocycles. The molecule has 0 spiro atoms. The van der Waals surface area contributed by atoms with Gasteiger partial charge in [0.1, 0.15) is 0 Å². The summed E-state index contributed by atoms with van der Waals surface area (Å²) in [6.45, 7) is 1.65. The number of benzene rings is 2. The first-order valence-electron chi connectivity index (χ1n) is 6.60. The third-order valence-electron chi connectivity index (χ3n) is 3.34. The van der Waals surface area contributed by atoms with Gasteiger partial charge in [0.05, 0.1) is 0 Å². The van der Waals surface area contributed by atoms with Crippen LogP contribution in [0.2, 0.25) is 0 Å². The van der Waals surface area contributed by atoms with Crippen LogP contribution >= 0.6 is 8.19 Å². The summed E-state index contributed by atoms with van der Waals surface area (Å²) in [5.74, 6) is 0.141. The maximum atomic E-state index is 11.9. The van der Waals surface area contributed by atoms with E-state index in [0.717, 1.165) is 16.4 Å². The molecule has 1 atom stereocenters. The van der Waals surface area contributed by atoms with Crippen molar-refractivity contribution in [2.24, 2.45) is 0 Å². The Morgan fingerprint density at radius 2 is 1.40 bits per heavy atom. The van der Waals surface area contributed by atoms with Gasteiger partial charge >= 0.3 is 0 Å². The molecule has 0 saturated heterocycles. The highest BCUT2D eigenvalue weighted by Crippen LogP contribution is 2.42. The Balaban J connectivity index is 2.15. The zero-order valence-electron chi connectivity index (χ0n) is 11.3. The van der Waals surface area contributed by atoms with Gasteiger partial charge in [0, 0.05) is 10.9 Å². The standard InChI is InChI=1S/C18H15OP/c1-13(19)16-12-17(14-8-4-2-5-9-14)20-18(16)15-10-6-3-7-11-15/h2-12,20H,1H3. The molecule has 0 N–H and O–H groups in total. The van der Waals surface area contributed by atoms with Crippen molar-refractivity contribution in [3.8, 4) is 21.7 Å². The largest absolute Gasteiger partial charge is 0.294 e. The molecule has 0 amide bonds. The summed E-state index contributed by atoms with van der Waals surface area (Å²) in [7, 11) is 0.539. The fourth-order valence-corrected chi connectivity index (χ4v) is 3.83. The van der Waals surface area contributed by atoms with Crippen LogP contribution in [0.5, 0.6) is 0 Å². The van der Waals surface area contributed by atoms with E-state index in [0.29, 0.717) is 8.19 Å². The Hall–Kier alpha value is -2.11. The second-order valence-electron chi connectivity index (χ2n) is 4.76. The Bertz CT molecular complexity index is 727. The molecule has 0 saturated carbocycles. The summed E-state index contributed by atoms with van der Waals surface area (Å²) >= 11 is 0. The van der Waals surface area contributed by atoms with Crippen molar-refractivity contribution in [2.75, 3.05) is 0 Å². The summed E-state index contributed by atoms with van der Waals surface area (Å²) in [5, 5.41) is 2.41. The van der Waals surface area contributed by atoms with Crippen molar-refractivity contribution < 1.29 is 4.79 Å². The minimum absolute atomic E-state index is 0.141. The second kappa shape index (κ2) is 5.48. The van der Waals surface area contributed by atoms with E-state index in [-0.39, 0.29) is 5.78 Å². The molecule has 3 aromatic rings. The normalized spacial score (nSPS) is 10.8. The summed E-state index contributed by atoms with van der Waals surface area (Å²) in [6.07, 6.45) is 0. The van der Waals surface area contributed by atoms with Crippen molar-refractivity contribution >= 4 is 14.0 Å². The molecule has 1 unspecified atom stereocenters. The van der Waals surface area contributed by atoms with Crippen molar-refractivity contribution in [1.29, 1.82) is 0 Å². The molecule has 0 fully saturated rings. The SMILES string of the molecule is CC(=O)c1cc(-c2ccccc2)[pH]c1-c1ccccc1. The minimum Gasteiger partial charge on any atom is -0.294 e. The van der Waals surface area contributed by atoms with Crippen molar-refractivity contribution in [3.63, 3.8) is 0 Å². The van der Waals surface area contributed by atoms with E-state index in [1.807, 2.05) is 36.4 Å². The molecule has 1 aromatic heterocycles. The van der Waals surface area contributed by atoms with Gasteiger partial charge in [0.15, 0.2) is 5.78 Å². The maximum absolute atomic E-state index is 11.9. The highest BCUT2D eigenvalue weighted by molar-refractivity contribution is 7.38. The molecule has 0 aliphatic heterocycles. The molecule has 98 valence electrons. The Morgan fingerprint density at radius 3 is 1.95 bits per heavy atom. The van der Waals surface area contributed by atoms with Gasteiger partial charge < -0.3 is 0 Å². The number of rotatable bonds is 3. The molecule has 0 radical (unpaired) electrons. The van der Waals surface area contributed by atoms with E-state index in [1.54, 1.807) is 6.92 Å². The molecule has 0 bridgehead atoms. The van der Waals surface area contributed by atoms with Gasteiger partial charge in [0.25, 0.3) is 0 Å². The lowest BCUT2D eigenvalue weighted by Crippen LogP contribution is -1.90. The number of ketones is 1. The molecular formula is C18H15OP. The van der Waals surface area contributed by atoms with Crippen molar-refractivity contribution in [3.05, 3.63) is 72.3 Å². The summed E-state index contributed by atoms with van der Waals surface area (Å²) < 4.78 is 0. The van der Waals surface area contributed by atoms with Crippen LogP contribution < -0.4 is 0 Å². The summed E-state index contributed by atoms with van der Waals surface area (Å²) in [6, 6.07) is 22.5. The molecule has 0 aliphatic carbocycles. The van der Waals surface area contributed by atoms with Crippen molar-refractivity contribution in [2.45, 2.75) is 6.92 Å². The van der Waals surface area contributed by atoms with Crippen LogP contribution in [0.15, 0.2) is 66.7 Å². The third kappa shape index (κ3) is 2.45. The maximum Gasteiger partial charge on any atom is 0.160 e. The van der Waals surface area contributed by atoms with Crippen LogP contribution in [-0.2, 0) is 0 Å².